The van der Waals surface area contributed by atoms with Gasteiger partial charge >= 0.3 is 0 Å². The van der Waals surface area contributed by atoms with E-state index >= 15 is 0 Å². The van der Waals surface area contributed by atoms with E-state index in [0.717, 1.165) is 16.4 Å². The molecule has 7 nitrogen and oxygen atoms in total. The standard InChI is InChI=1S/C22H20F2N2O5S/c1-26(32(28,29)17-9-11-20(30-2)21(13-17)31-3)16-7-4-14(5-8-16)22(27)25-19-10-6-15(23)12-18(19)24/h4-13H,1-3H3,(H,25,27). The molecule has 1 N–H and O–H groups in total. The van der Waals surface area contributed by atoms with Crippen LogP contribution in [-0.2, 0) is 10.0 Å². The van der Waals surface area contributed by atoms with Gasteiger partial charge in [0.25, 0.3) is 15.9 Å². The van der Waals surface area contributed by atoms with Crippen molar-refractivity contribution in [3.63, 3.8) is 0 Å². The summed E-state index contributed by atoms with van der Waals surface area (Å²) in [5.74, 6) is -1.64. The minimum Gasteiger partial charge on any atom is -0.493 e. The second-order valence-corrected chi connectivity index (χ2v) is 8.58. The van der Waals surface area contributed by atoms with Gasteiger partial charge in [0.15, 0.2) is 11.5 Å². The predicted molar refractivity (Wildman–Crippen MR) is 116 cm³/mol. The first-order chi connectivity index (χ1) is 15.2. The van der Waals surface area contributed by atoms with E-state index in [0.29, 0.717) is 17.5 Å². The zero-order chi connectivity index (χ0) is 23.5. The Hall–Kier alpha value is -3.66. The van der Waals surface area contributed by atoms with Crippen LogP contribution in [0.5, 0.6) is 11.5 Å². The molecule has 0 bridgehead atoms. The molecule has 3 rings (SSSR count). The van der Waals surface area contributed by atoms with E-state index in [1.54, 1.807) is 0 Å². The molecule has 0 radical (unpaired) electrons. The van der Waals surface area contributed by atoms with Crippen LogP contribution < -0.4 is 19.1 Å². The topological polar surface area (TPSA) is 84.9 Å². The van der Waals surface area contributed by atoms with E-state index in [-0.39, 0.29) is 21.9 Å². The summed E-state index contributed by atoms with van der Waals surface area (Å²) in [6.45, 7) is 0. The Morgan fingerprint density at radius 2 is 1.56 bits per heavy atom. The number of nitrogens with zero attached hydrogens (tertiary/aromatic N) is 1. The Kier molecular flexibility index (Phi) is 6.64. The number of hydrogen-bond acceptors (Lipinski definition) is 5. The zero-order valence-electron chi connectivity index (χ0n) is 17.4. The third-order valence-electron chi connectivity index (χ3n) is 4.69. The molecular formula is C22H20F2N2O5S. The van der Waals surface area contributed by atoms with Crippen LogP contribution in [-0.4, -0.2) is 35.6 Å². The fraction of sp³-hybridized carbons (Fsp3) is 0.136. The first-order valence-corrected chi connectivity index (χ1v) is 10.7. The number of carbonyl (C=O) groups excluding carboxylic acids is 1. The molecule has 0 atom stereocenters. The van der Waals surface area contributed by atoms with Crippen LogP contribution in [0.2, 0.25) is 0 Å². The zero-order valence-corrected chi connectivity index (χ0v) is 18.2. The Bertz CT molecular complexity index is 1250. The van der Waals surface area contributed by atoms with Crippen LogP contribution in [0, 0.1) is 11.6 Å². The highest BCUT2D eigenvalue weighted by atomic mass is 32.2. The van der Waals surface area contributed by atoms with Gasteiger partial charge in [0.2, 0.25) is 0 Å². The second kappa shape index (κ2) is 9.23. The molecule has 0 aliphatic carbocycles. The fourth-order valence-electron chi connectivity index (χ4n) is 2.88. The molecule has 0 spiro atoms. The van der Waals surface area contributed by atoms with E-state index in [2.05, 4.69) is 5.32 Å². The van der Waals surface area contributed by atoms with Crippen molar-refractivity contribution in [1.29, 1.82) is 0 Å². The lowest BCUT2D eigenvalue weighted by Crippen LogP contribution is -2.26. The number of rotatable bonds is 7. The minimum absolute atomic E-state index is 0.00810. The van der Waals surface area contributed by atoms with Crippen LogP contribution in [0.15, 0.2) is 65.6 Å². The van der Waals surface area contributed by atoms with E-state index in [1.165, 1.54) is 63.7 Å². The molecule has 0 aliphatic heterocycles. The molecule has 0 aromatic heterocycles. The van der Waals surface area contributed by atoms with Crippen molar-refractivity contribution >= 4 is 27.3 Å². The molecule has 10 heteroatoms. The second-order valence-electron chi connectivity index (χ2n) is 6.61. The van der Waals surface area contributed by atoms with Gasteiger partial charge in [-0.25, -0.2) is 17.2 Å². The molecule has 3 aromatic carbocycles. The minimum atomic E-state index is -3.93. The molecule has 0 aliphatic rings. The van der Waals surface area contributed by atoms with Crippen molar-refractivity contribution in [2.45, 2.75) is 4.90 Å². The molecule has 32 heavy (non-hydrogen) atoms. The molecule has 1 amide bonds. The lowest BCUT2D eigenvalue weighted by molar-refractivity contribution is 0.102. The number of halogens is 2. The smallest absolute Gasteiger partial charge is 0.264 e. The normalized spacial score (nSPS) is 11.0. The molecule has 0 fully saturated rings. The summed E-state index contributed by atoms with van der Waals surface area (Å²) >= 11 is 0. The molecule has 168 valence electrons. The maximum Gasteiger partial charge on any atom is 0.264 e. The van der Waals surface area contributed by atoms with Gasteiger partial charge in [-0.1, -0.05) is 0 Å². The number of benzene rings is 3. The Morgan fingerprint density at radius 1 is 0.906 bits per heavy atom. The number of ether oxygens (including phenoxy) is 2. The highest BCUT2D eigenvalue weighted by molar-refractivity contribution is 7.92. The quantitative estimate of drug-likeness (QED) is 0.573. The van der Waals surface area contributed by atoms with Crippen LogP contribution in [0.1, 0.15) is 10.4 Å². The SMILES string of the molecule is COc1ccc(S(=O)(=O)N(C)c2ccc(C(=O)Nc3ccc(F)cc3F)cc2)cc1OC. The van der Waals surface area contributed by atoms with E-state index in [4.69, 9.17) is 9.47 Å². The lowest BCUT2D eigenvalue weighted by Gasteiger charge is -2.20. The van der Waals surface area contributed by atoms with Gasteiger partial charge in [-0.2, -0.15) is 0 Å². The summed E-state index contributed by atoms with van der Waals surface area (Å²) in [4.78, 5) is 12.3. The molecule has 0 saturated carbocycles. The highest BCUT2D eigenvalue weighted by Crippen LogP contribution is 2.31. The van der Waals surface area contributed by atoms with Crippen molar-refractivity contribution < 1.29 is 31.5 Å². The monoisotopic (exact) mass is 462 g/mol. The third-order valence-corrected chi connectivity index (χ3v) is 6.47. The highest BCUT2D eigenvalue weighted by Gasteiger charge is 2.23. The summed E-state index contributed by atoms with van der Waals surface area (Å²) in [6, 6.07) is 12.7. The summed E-state index contributed by atoms with van der Waals surface area (Å²) < 4.78 is 64.1. The van der Waals surface area contributed by atoms with Gasteiger partial charge in [-0.15, -0.1) is 0 Å². The average Bonchev–Trinajstić information content (AvgIpc) is 2.79. The van der Waals surface area contributed by atoms with Crippen molar-refractivity contribution in [3.05, 3.63) is 77.9 Å². The maximum absolute atomic E-state index is 13.7. The number of hydrogen-bond donors (Lipinski definition) is 1. The maximum atomic E-state index is 13.7. The van der Waals surface area contributed by atoms with Gasteiger partial charge in [0.05, 0.1) is 30.5 Å². The van der Waals surface area contributed by atoms with Crippen molar-refractivity contribution in [2.24, 2.45) is 0 Å². The molecule has 0 unspecified atom stereocenters. The summed E-state index contributed by atoms with van der Waals surface area (Å²) in [5, 5.41) is 2.34. The van der Waals surface area contributed by atoms with Gasteiger partial charge in [-0.05, 0) is 48.5 Å². The van der Waals surface area contributed by atoms with Crippen molar-refractivity contribution in [3.8, 4) is 11.5 Å². The lowest BCUT2D eigenvalue weighted by atomic mass is 10.2. The average molecular weight is 462 g/mol. The largest absolute Gasteiger partial charge is 0.493 e. The summed E-state index contributed by atoms with van der Waals surface area (Å²) in [7, 11) is 0.288. The molecule has 3 aromatic rings. The van der Waals surface area contributed by atoms with Crippen molar-refractivity contribution in [1.82, 2.24) is 0 Å². The predicted octanol–water partition coefficient (Wildman–Crippen LogP) is 4.06. The van der Waals surface area contributed by atoms with Gasteiger partial charge in [0.1, 0.15) is 11.6 Å². The summed E-state index contributed by atoms with van der Waals surface area (Å²) in [6.07, 6.45) is 0. The van der Waals surface area contributed by atoms with Crippen LogP contribution >= 0.6 is 0 Å². The van der Waals surface area contributed by atoms with Crippen LogP contribution in [0.3, 0.4) is 0 Å². The first kappa shape index (κ1) is 23.0. The number of amides is 1. The van der Waals surface area contributed by atoms with Crippen LogP contribution in [0.25, 0.3) is 0 Å². The van der Waals surface area contributed by atoms with E-state index in [9.17, 15) is 22.0 Å². The first-order valence-electron chi connectivity index (χ1n) is 9.25. The van der Waals surface area contributed by atoms with Gasteiger partial charge < -0.3 is 14.8 Å². The number of anilines is 2. The number of methoxy groups -OCH3 is 2. The van der Waals surface area contributed by atoms with E-state index < -0.39 is 27.6 Å². The molecular weight excluding hydrogens is 442 g/mol. The third kappa shape index (κ3) is 4.65. The molecule has 0 heterocycles. The van der Waals surface area contributed by atoms with Gasteiger partial charge in [0, 0.05) is 24.7 Å². The van der Waals surface area contributed by atoms with Gasteiger partial charge in [-0.3, -0.25) is 9.10 Å². The Morgan fingerprint density at radius 3 is 2.16 bits per heavy atom. The number of sulfonamides is 1. The fourth-order valence-corrected chi connectivity index (χ4v) is 4.09. The van der Waals surface area contributed by atoms with Crippen molar-refractivity contribution in [2.75, 3.05) is 30.9 Å². The Balaban J connectivity index is 1.81. The van der Waals surface area contributed by atoms with Crippen LogP contribution in [0.4, 0.5) is 20.2 Å². The summed E-state index contributed by atoms with van der Waals surface area (Å²) in [5.41, 5.74) is 0.285. The van der Waals surface area contributed by atoms with E-state index in [1.807, 2.05) is 0 Å². The molecule has 0 saturated heterocycles. The number of nitrogens with one attached hydrogen (secondary N) is 1. The number of carbonyl (C=O) groups is 1. The Labute approximate surface area is 184 Å².